The third-order valence-corrected chi connectivity index (χ3v) is 11.7. The van der Waals surface area contributed by atoms with Gasteiger partial charge in [0.05, 0.1) is 27.0 Å². The average molecular weight is 674 g/mol. The number of thiazole rings is 2. The molecule has 1 saturated carbocycles. The van der Waals surface area contributed by atoms with E-state index in [-0.39, 0.29) is 11.1 Å². The van der Waals surface area contributed by atoms with Crippen LogP contribution in [0.15, 0.2) is 30.5 Å². The van der Waals surface area contributed by atoms with Crippen LogP contribution in [0.2, 0.25) is 0 Å². The Kier molecular flexibility index (Phi) is 10.3. The predicted molar refractivity (Wildman–Crippen MR) is 188 cm³/mol. The molecule has 0 saturated heterocycles. The Morgan fingerprint density at radius 1 is 1.02 bits per heavy atom. The molecule has 10 nitrogen and oxygen atoms in total. The molecule has 0 spiro atoms. The minimum atomic E-state index is -1.04. The fourth-order valence-electron chi connectivity index (χ4n) is 6.76. The van der Waals surface area contributed by atoms with Crippen molar-refractivity contribution in [3.8, 4) is 10.4 Å². The molecule has 1 aliphatic carbocycles. The van der Waals surface area contributed by atoms with E-state index < -0.39 is 5.97 Å². The van der Waals surface area contributed by atoms with Crippen LogP contribution in [0.1, 0.15) is 95.8 Å². The van der Waals surface area contributed by atoms with E-state index in [4.69, 9.17) is 9.84 Å². The number of nitrogens with zero attached hydrogens (tertiary/aromatic N) is 6. The van der Waals surface area contributed by atoms with Crippen molar-refractivity contribution in [2.24, 2.45) is 5.41 Å². The highest BCUT2D eigenvalue weighted by Crippen LogP contribution is 2.41. The summed E-state index contributed by atoms with van der Waals surface area (Å²) in [6.07, 6.45) is 13.1. The maximum atomic E-state index is 12.4. The third kappa shape index (κ3) is 7.39. The number of nitrogens with one attached hydrogen (secondary N) is 1. The summed E-state index contributed by atoms with van der Waals surface area (Å²) in [6, 6.07) is 8.01. The summed E-state index contributed by atoms with van der Waals surface area (Å²) < 4.78 is 8.61. The second-order valence-corrected chi connectivity index (χ2v) is 14.9. The number of carboxylic acids is 1. The first-order valence-electron chi connectivity index (χ1n) is 16.5. The van der Waals surface area contributed by atoms with Crippen LogP contribution in [0.3, 0.4) is 0 Å². The Morgan fingerprint density at radius 3 is 2.53 bits per heavy atom. The SMILES string of the molecule is COCCCC1(Cn2ncc(-c3sc(Cc4nnc(Nc5nc6ccccc6s5)c(C)c4C)nc3C(=O)O)c2C)CCCCCCC1. The van der Waals surface area contributed by atoms with Gasteiger partial charge in [-0.25, -0.2) is 14.8 Å². The summed E-state index contributed by atoms with van der Waals surface area (Å²) in [5, 5.41) is 28.8. The highest BCUT2D eigenvalue weighted by molar-refractivity contribution is 7.22. The van der Waals surface area contributed by atoms with Gasteiger partial charge in [-0.2, -0.15) is 10.2 Å². The van der Waals surface area contributed by atoms with E-state index in [0.29, 0.717) is 22.1 Å². The number of carboxylic acid groups (broad SMARTS) is 1. The quantitative estimate of drug-likeness (QED) is 0.125. The van der Waals surface area contributed by atoms with Crippen LogP contribution in [-0.4, -0.2) is 54.7 Å². The lowest BCUT2D eigenvalue weighted by Crippen LogP contribution is -2.29. The lowest BCUT2D eigenvalue weighted by molar-refractivity contribution is 0.0692. The predicted octanol–water partition coefficient (Wildman–Crippen LogP) is 8.52. The molecule has 2 N–H and O–H groups in total. The van der Waals surface area contributed by atoms with Crippen LogP contribution in [-0.2, 0) is 17.7 Å². The number of hydrogen-bond donors (Lipinski definition) is 2. The minimum absolute atomic E-state index is 0.0601. The number of benzene rings is 1. The van der Waals surface area contributed by atoms with Gasteiger partial charge in [0.2, 0.25) is 0 Å². The number of methoxy groups -OCH3 is 1. The largest absolute Gasteiger partial charge is 0.476 e. The molecule has 0 atom stereocenters. The Balaban J connectivity index is 1.23. The first-order valence-corrected chi connectivity index (χ1v) is 18.1. The first kappa shape index (κ1) is 33.2. The number of para-hydroxylation sites is 1. The van der Waals surface area contributed by atoms with Crippen molar-refractivity contribution in [1.29, 1.82) is 0 Å². The monoisotopic (exact) mass is 673 g/mol. The summed E-state index contributed by atoms with van der Waals surface area (Å²) in [4.78, 5) is 22.3. The molecule has 1 aliphatic rings. The maximum absolute atomic E-state index is 12.4. The standard InChI is InChI=1S/C35H43N7O3S2/c1-22-23(2)32(39-34-37-26-13-8-9-14-28(26)46-34)41-40-27(22)19-29-38-30(33(43)44)31(47-29)25-20-36-42(24(25)3)21-35(17-12-18-45-4)15-10-6-5-7-11-16-35/h8-9,13-14,20H,5-7,10-12,15-19,21H2,1-4H3,(H,43,44)(H,37,39,41). The summed E-state index contributed by atoms with van der Waals surface area (Å²) >= 11 is 2.97. The summed E-state index contributed by atoms with van der Waals surface area (Å²) in [6.45, 7) is 7.68. The van der Waals surface area contributed by atoms with Crippen molar-refractivity contribution in [2.75, 3.05) is 19.0 Å². The Bertz CT molecular complexity index is 1820. The average Bonchev–Trinajstić information content (AvgIpc) is 3.75. The van der Waals surface area contributed by atoms with Crippen LogP contribution in [0.25, 0.3) is 20.7 Å². The van der Waals surface area contributed by atoms with E-state index in [0.717, 1.165) is 69.4 Å². The van der Waals surface area contributed by atoms with Gasteiger partial charge in [0, 0.05) is 37.9 Å². The van der Waals surface area contributed by atoms with Gasteiger partial charge in [-0.05, 0) is 75.1 Å². The zero-order valence-corrected chi connectivity index (χ0v) is 29.3. The molecule has 0 aliphatic heterocycles. The molecule has 248 valence electrons. The van der Waals surface area contributed by atoms with E-state index in [1.165, 1.54) is 56.3 Å². The van der Waals surface area contributed by atoms with Crippen molar-refractivity contribution in [3.63, 3.8) is 0 Å². The number of hydrogen-bond acceptors (Lipinski definition) is 10. The molecule has 1 fully saturated rings. The van der Waals surface area contributed by atoms with Crippen LogP contribution in [0, 0.1) is 26.2 Å². The van der Waals surface area contributed by atoms with E-state index in [1.54, 1.807) is 18.4 Å². The van der Waals surface area contributed by atoms with E-state index in [1.807, 2.05) is 44.3 Å². The van der Waals surface area contributed by atoms with Crippen molar-refractivity contribution in [3.05, 3.63) is 63.7 Å². The van der Waals surface area contributed by atoms with Gasteiger partial charge in [0.15, 0.2) is 16.6 Å². The van der Waals surface area contributed by atoms with Gasteiger partial charge >= 0.3 is 5.97 Å². The van der Waals surface area contributed by atoms with Gasteiger partial charge in [-0.1, -0.05) is 55.6 Å². The molecule has 4 aromatic heterocycles. The fraction of sp³-hybridized carbons (Fsp3) is 0.486. The maximum Gasteiger partial charge on any atom is 0.356 e. The van der Waals surface area contributed by atoms with E-state index >= 15 is 0 Å². The summed E-state index contributed by atoms with van der Waals surface area (Å²) in [7, 11) is 1.77. The van der Waals surface area contributed by atoms with Crippen LogP contribution < -0.4 is 5.32 Å². The zero-order valence-electron chi connectivity index (χ0n) is 27.6. The molecule has 0 amide bonds. The number of aromatic nitrogens is 6. The van der Waals surface area contributed by atoms with Gasteiger partial charge in [0.1, 0.15) is 5.01 Å². The second-order valence-electron chi connectivity index (χ2n) is 12.8. The zero-order chi connectivity index (χ0) is 33.0. The highest BCUT2D eigenvalue weighted by atomic mass is 32.1. The molecule has 0 bridgehead atoms. The second kappa shape index (κ2) is 14.6. The van der Waals surface area contributed by atoms with Gasteiger partial charge in [-0.3, -0.25) is 4.68 Å². The number of fused-ring (bicyclic) bond motifs is 1. The summed E-state index contributed by atoms with van der Waals surface area (Å²) in [5.74, 6) is -0.385. The highest BCUT2D eigenvalue weighted by Gasteiger charge is 2.32. The molecule has 5 aromatic rings. The molecular formula is C35H43N7O3S2. The Labute approximate surface area is 283 Å². The lowest BCUT2D eigenvalue weighted by atomic mass is 9.73. The molecule has 4 heterocycles. The number of rotatable bonds is 12. The van der Waals surface area contributed by atoms with Gasteiger partial charge < -0.3 is 15.2 Å². The summed E-state index contributed by atoms with van der Waals surface area (Å²) in [5.41, 5.74) is 5.70. The molecule has 0 unspecified atom stereocenters. The fourth-order valence-corrected chi connectivity index (χ4v) is 8.75. The smallest absolute Gasteiger partial charge is 0.356 e. The normalized spacial score (nSPS) is 15.1. The third-order valence-electron chi connectivity index (χ3n) is 9.64. The Hall–Kier alpha value is -3.74. The number of ether oxygens (including phenoxy) is 1. The van der Waals surface area contributed by atoms with Crippen molar-refractivity contribution in [1.82, 2.24) is 29.9 Å². The molecule has 12 heteroatoms. The molecule has 0 radical (unpaired) electrons. The lowest BCUT2D eigenvalue weighted by Gasteiger charge is -2.36. The first-order chi connectivity index (χ1) is 22.8. The van der Waals surface area contributed by atoms with Gasteiger partial charge in [-0.15, -0.1) is 16.4 Å². The molecule has 47 heavy (non-hydrogen) atoms. The van der Waals surface area contributed by atoms with Crippen LogP contribution >= 0.6 is 22.7 Å². The van der Waals surface area contributed by atoms with Crippen molar-refractivity contribution in [2.45, 2.75) is 91.5 Å². The molecule has 1 aromatic carbocycles. The van der Waals surface area contributed by atoms with Gasteiger partial charge in [0.25, 0.3) is 0 Å². The number of aromatic carboxylic acids is 1. The van der Waals surface area contributed by atoms with Crippen LogP contribution in [0.5, 0.6) is 0 Å². The topological polar surface area (TPSA) is 128 Å². The number of carbonyl (C=O) groups is 1. The van der Waals surface area contributed by atoms with Crippen molar-refractivity contribution < 1.29 is 14.6 Å². The van der Waals surface area contributed by atoms with Crippen LogP contribution in [0.4, 0.5) is 10.9 Å². The number of anilines is 2. The van der Waals surface area contributed by atoms with Crippen molar-refractivity contribution >= 4 is 49.8 Å². The Morgan fingerprint density at radius 2 is 1.79 bits per heavy atom. The molecule has 6 rings (SSSR count). The van der Waals surface area contributed by atoms with E-state index in [2.05, 4.69) is 37.1 Å². The van der Waals surface area contributed by atoms with E-state index in [9.17, 15) is 9.90 Å². The molecular weight excluding hydrogens is 631 g/mol. The minimum Gasteiger partial charge on any atom is -0.476 e.